The molecule has 29 heavy (non-hydrogen) atoms. The molecular weight excluding hydrogens is 371 g/mol. The van der Waals surface area contributed by atoms with Crippen molar-refractivity contribution >= 4 is 28.5 Å². The van der Waals surface area contributed by atoms with Crippen molar-refractivity contribution in [3.8, 4) is 0 Å². The number of hydrogen-bond acceptors (Lipinski definition) is 5. The summed E-state index contributed by atoms with van der Waals surface area (Å²) < 4.78 is 18.9. The van der Waals surface area contributed by atoms with E-state index in [1.54, 1.807) is 12.3 Å². The van der Waals surface area contributed by atoms with E-state index in [1.165, 1.54) is 12.1 Å². The number of fused-ring (bicyclic) bond motifs is 1. The average Bonchev–Trinajstić information content (AvgIpc) is 3.03. The largest absolute Gasteiger partial charge is 0.384 e. The number of benzene rings is 2. The lowest BCUT2D eigenvalue weighted by Gasteiger charge is -2.26. The average molecular weight is 396 g/mol. The van der Waals surface area contributed by atoms with E-state index in [4.69, 9.17) is 4.74 Å². The third kappa shape index (κ3) is 4.58. The zero-order chi connectivity index (χ0) is 20.2. The minimum atomic E-state index is -0.366. The molecule has 0 aromatic heterocycles. The molecule has 152 valence electrons. The van der Waals surface area contributed by atoms with Crippen LogP contribution in [-0.2, 0) is 9.53 Å². The van der Waals surface area contributed by atoms with Crippen molar-refractivity contribution in [2.75, 3.05) is 55.3 Å². The van der Waals surface area contributed by atoms with Crippen molar-refractivity contribution in [2.24, 2.45) is 0 Å². The van der Waals surface area contributed by atoms with Gasteiger partial charge in [0.25, 0.3) is 5.91 Å². The van der Waals surface area contributed by atoms with Gasteiger partial charge in [0, 0.05) is 55.0 Å². The highest BCUT2D eigenvalue weighted by Gasteiger charge is 2.24. The zero-order valence-corrected chi connectivity index (χ0v) is 16.4. The number of halogens is 1. The molecule has 3 N–H and O–H groups in total. The molecule has 0 aliphatic carbocycles. The smallest absolute Gasteiger partial charge is 0.257 e. The number of morpholine rings is 1. The first-order chi connectivity index (χ1) is 14.1. The van der Waals surface area contributed by atoms with Crippen LogP contribution in [0, 0.1) is 12.7 Å². The maximum atomic E-state index is 13.5. The van der Waals surface area contributed by atoms with E-state index in [1.807, 2.05) is 25.1 Å². The lowest BCUT2D eigenvalue weighted by atomic mass is 10.1. The predicted octanol–water partition coefficient (Wildman–Crippen LogP) is 3.28. The maximum Gasteiger partial charge on any atom is 0.257 e. The normalized spacial score (nSPS) is 17.9. The monoisotopic (exact) mass is 396 g/mol. The van der Waals surface area contributed by atoms with E-state index >= 15 is 0 Å². The van der Waals surface area contributed by atoms with E-state index < -0.39 is 0 Å². The number of nitrogens with zero attached hydrogens (tertiary/aromatic N) is 1. The SMILES string of the molecule is Cc1cc(N/C=C2/C(=O)Nc3ccc(F)cc32)ccc1NCCN1CCOCC1. The fourth-order valence-electron chi connectivity index (χ4n) is 3.58. The highest BCUT2D eigenvalue weighted by Crippen LogP contribution is 2.32. The van der Waals surface area contributed by atoms with Gasteiger partial charge in [-0.15, -0.1) is 0 Å². The van der Waals surface area contributed by atoms with Crippen LogP contribution in [0.15, 0.2) is 42.6 Å². The number of amides is 1. The highest BCUT2D eigenvalue weighted by molar-refractivity contribution is 6.31. The Morgan fingerprint density at radius 3 is 2.83 bits per heavy atom. The second-order valence-corrected chi connectivity index (χ2v) is 7.26. The van der Waals surface area contributed by atoms with Gasteiger partial charge in [0.2, 0.25) is 0 Å². The number of carbonyl (C=O) groups is 1. The van der Waals surface area contributed by atoms with Gasteiger partial charge in [-0.05, 0) is 48.9 Å². The summed E-state index contributed by atoms with van der Waals surface area (Å²) in [6.45, 7) is 7.49. The summed E-state index contributed by atoms with van der Waals surface area (Å²) in [4.78, 5) is 14.6. The third-order valence-electron chi connectivity index (χ3n) is 5.22. The molecule has 2 aromatic carbocycles. The Hall–Kier alpha value is -2.90. The lowest BCUT2D eigenvalue weighted by Crippen LogP contribution is -2.39. The van der Waals surface area contributed by atoms with E-state index in [-0.39, 0.29) is 11.7 Å². The molecule has 1 amide bonds. The molecule has 4 rings (SSSR count). The van der Waals surface area contributed by atoms with E-state index in [0.29, 0.717) is 16.8 Å². The third-order valence-corrected chi connectivity index (χ3v) is 5.22. The van der Waals surface area contributed by atoms with Crippen molar-refractivity contribution in [1.29, 1.82) is 0 Å². The van der Waals surface area contributed by atoms with Gasteiger partial charge < -0.3 is 20.7 Å². The minimum absolute atomic E-state index is 0.240. The van der Waals surface area contributed by atoms with Crippen molar-refractivity contribution in [2.45, 2.75) is 6.92 Å². The lowest BCUT2D eigenvalue weighted by molar-refractivity contribution is -0.110. The van der Waals surface area contributed by atoms with E-state index in [0.717, 1.165) is 56.3 Å². The van der Waals surface area contributed by atoms with Crippen LogP contribution in [0.1, 0.15) is 11.1 Å². The summed E-state index contributed by atoms with van der Waals surface area (Å²) in [5.41, 5.74) is 4.68. The predicted molar refractivity (Wildman–Crippen MR) is 114 cm³/mol. The molecule has 0 atom stereocenters. The summed E-state index contributed by atoms with van der Waals surface area (Å²) >= 11 is 0. The first kappa shape index (κ1) is 19.4. The van der Waals surface area contributed by atoms with Gasteiger partial charge in [0.15, 0.2) is 0 Å². The van der Waals surface area contributed by atoms with Gasteiger partial charge in [-0.2, -0.15) is 0 Å². The molecule has 1 saturated heterocycles. The van der Waals surface area contributed by atoms with E-state index in [2.05, 4.69) is 20.9 Å². The summed E-state index contributed by atoms with van der Waals surface area (Å²) in [6, 6.07) is 10.3. The molecule has 7 heteroatoms. The zero-order valence-electron chi connectivity index (χ0n) is 16.4. The fourth-order valence-corrected chi connectivity index (χ4v) is 3.58. The van der Waals surface area contributed by atoms with Crippen molar-refractivity contribution in [3.63, 3.8) is 0 Å². The summed E-state index contributed by atoms with van der Waals surface area (Å²) in [7, 11) is 0. The van der Waals surface area contributed by atoms with Crippen LogP contribution in [0.4, 0.5) is 21.5 Å². The van der Waals surface area contributed by atoms with Crippen LogP contribution >= 0.6 is 0 Å². The van der Waals surface area contributed by atoms with Crippen molar-refractivity contribution in [3.05, 3.63) is 59.5 Å². The Labute approximate surface area is 169 Å². The molecule has 2 heterocycles. The van der Waals surface area contributed by atoms with Gasteiger partial charge in [-0.3, -0.25) is 9.69 Å². The molecule has 2 aromatic rings. The molecular formula is C22H25FN4O2. The molecule has 0 radical (unpaired) electrons. The molecule has 0 bridgehead atoms. The van der Waals surface area contributed by atoms with Gasteiger partial charge in [-0.1, -0.05) is 0 Å². The number of aryl methyl sites for hydroxylation is 1. The maximum absolute atomic E-state index is 13.5. The van der Waals surface area contributed by atoms with Crippen LogP contribution in [0.2, 0.25) is 0 Å². The van der Waals surface area contributed by atoms with Crippen LogP contribution < -0.4 is 16.0 Å². The highest BCUT2D eigenvalue weighted by atomic mass is 19.1. The molecule has 0 unspecified atom stereocenters. The summed E-state index contributed by atoms with van der Waals surface area (Å²) in [6.07, 6.45) is 1.63. The van der Waals surface area contributed by atoms with Gasteiger partial charge in [0.1, 0.15) is 5.82 Å². The molecule has 0 spiro atoms. The number of ether oxygens (including phenoxy) is 1. The van der Waals surface area contributed by atoms with Gasteiger partial charge in [0.05, 0.1) is 18.8 Å². The van der Waals surface area contributed by atoms with E-state index in [9.17, 15) is 9.18 Å². The molecule has 2 aliphatic rings. The van der Waals surface area contributed by atoms with Crippen molar-refractivity contribution in [1.82, 2.24) is 4.90 Å². The Balaban J connectivity index is 1.38. The Kier molecular flexibility index (Phi) is 5.78. The van der Waals surface area contributed by atoms with Crippen LogP contribution in [0.25, 0.3) is 5.57 Å². The van der Waals surface area contributed by atoms with Crippen LogP contribution in [-0.4, -0.2) is 50.2 Å². The number of nitrogens with one attached hydrogen (secondary N) is 3. The molecule has 1 fully saturated rings. The van der Waals surface area contributed by atoms with Gasteiger partial charge >= 0.3 is 0 Å². The molecule has 0 saturated carbocycles. The number of anilines is 3. The Morgan fingerprint density at radius 1 is 1.21 bits per heavy atom. The topological polar surface area (TPSA) is 65.6 Å². The number of rotatable bonds is 6. The second kappa shape index (κ2) is 8.63. The number of carbonyl (C=O) groups excluding carboxylic acids is 1. The fraction of sp³-hybridized carbons (Fsp3) is 0.318. The molecule has 2 aliphatic heterocycles. The van der Waals surface area contributed by atoms with Crippen molar-refractivity contribution < 1.29 is 13.9 Å². The summed E-state index contributed by atoms with van der Waals surface area (Å²) in [5.74, 6) is -0.606. The second-order valence-electron chi connectivity index (χ2n) is 7.26. The standard InChI is InChI=1S/C22H25FN4O2/c1-15-12-17(3-5-20(15)24-6-7-27-8-10-29-11-9-27)25-14-19-18-13-16(23)2-4-21(18)26-22(19)28/h2-5,12-14,24-25H,6-11H2,1H3,(H,26,28)/b19-14+. The minimum Gasteiger partial charge on any atom is -0.384 e. The first-order valence-corrected chi connectivity index (χ1v) is 9.83. The Bertz CT molecular complexity index is 938. The number of hydrogen-bond donors (Lipinski definition) is 3. The van der Waals surface area contributed by atoms with Gasteiger partial charge in [-0.25, -0.2) is 4.39 Å². The first-order valence-electron chi connectivity index (χ1n) is 9.83. The van der Waals surface area contributed by atoms with Crippen LogP contribution in [0.5, 0.6) is 0 Å². The quantitative estimate of drug-likeness (QED) is 0.654. The van der Waals surface area contributed by atoms with Crippen LogP contribution in [0.3, 0.4) is 0 Å². The molecule has 6 nitrogen and oxygen atoms in total. The summed E-state index contributed by atoms with van der Waals surface area (Å²) in [5, 5.41) is 9.38. The Morgan fingerprint density at radius 2 is 2.03 bits per heavy atom.